The van der Waals surface area contributed by atoms with Crippen LogP contribution in [-0.2, 0) is 10.3 Å². The largest absolute Gasteiger partial charge is 0.492 e. The number of halogens is 1. The monoisotopic (exact) mass is 402 g/mol. The molecule has 1 aliphatic rings. The van der Waals surface area contributed by atoms with Gasteiger partial charge in [-0.05, 0) is 49.2 Å². The molecule has 6 heteroatoms. The Morgan fingerprint density at radius 2 is 1.92 bits per heavy atom. The predicted octanol–water partition coefficient (Wildman–Crippen LogP) is 3.60. The fourth-order valence-electron chi connectivity index (χ4n) is 2.86. The van der Waals surface area contributed by atoms with Gasteiger partial charge in [-0.25, -0.2) is 4.79 Å². The topological polar surface area (TPSA) is 58.6 Å². The van der Waals surface area contributed by atoms with Crippen LogP contribution in [0, 0.1) is 6.92 Å². The molecule has 1 N–H and O–H groups in total. The van der Waals surface area contributed by atoms with Crippen LogP contribution < -0.4 is 10.1 Å². The minimum Gasteiger partial charge on any atom is -0.492 e. The van der Waals surface area contributed by atoms with Crippen molar-refractivity contribution in [3.8, 4) is 5.75 Å². The van der Waals surface area contributed by atoms with Crippen LogP contribution in [0.2, 0.25) is 0 Å². The SMILES string of the molecule is Cc1cccc(OCCN2C(=O)NC(C)(c3cccc(Br)c3)C2=O)c1. The Labute approximate surface area is 155 Å². The molecular formula is C19H19BrN2O3. The maximum absolute atomic E-state index is 12.8. The number of amides is 3. The smallest absolute Gasteiger partial charge is 0.325 e. The van der Waals surface area contributed by atoms with Crippen molar-refractivity contribution in [2.24, 2.45) is 0 Å². The van der Waals surface area contributed by atoms with Gasteiger partial charge in [0.15, 0.2) is 0 Å². The minimum atomic E-state index is -1.07. The Hall–Kier alpha value is -2.34. The van der Waals surface area contributed by atoms with Crippen molar-refractivity contribution in [1.29, 1.82) is 0 Å². The molecule has 3 amide bonds. The molecule has 2 aromatic carbocycles. The van der Waals surface area contributed by atoms with Crippen LogP contribution in [0.25, 0.3) is 0 Å². The number of hydrogen-bond donors (Lipinski definition) is 1. The summed E-state index contributed by atoms with van der Waals surface area (Å²) in [6.45, 7) is 4.14. The molecule has 1 heterocycles. The molecule has 3 rings (SSSR count). The summed E-state index contributed by atoms with van der Waals surface area (Å²) in [5.74, 6) is 0.449. The number of imide groups is 1. The number of benzene rings is 2. The Morgan fingerprint density at radius 3 is 2.64 bits per heavy atom. The Bertz CT molecular complexity index is 824. The lowest BCUT2D eigenvalue weighted by Gasteiger charge is -2.22. The van der Waals surface area contributed by atoms with E-state index in [1.807, 2.05) is 55.5 Å². The van der Waals surface area contributed by atoms with Gasteiger partial charge in [-0.3, -0.25) is 9.69 Å². The molecule has 0 radical (unpaired) electrons. The number of urea groups is 1. The van der Waals surface area contributed by atoms with E-state index in [4.69, 9.17) is 4.74 Å². The third-order valence-electron chi connectivity index (χ3n) is 4.25. The highest BCUT2D eigenvalue weighted by molar-refractivity contribution is 9.10. The first-order valence-electron chi connectivity index (χ1n) is 8.00. The molecule has 1 saturated heterocycles. The van der Waals surface area contributed by atoms with Crippen LogP contribution in [0.3, 0.4) is 0 Å². The molecule has 25 heavy (non-hydrogen) atoms. The van der Waals surface area contributed by atoms with Crippen molar-refractivity contribution in [2.75, 3.05) is 13.2 Å². The van der Waals surface area contributed by atoms with Crippen LogP contribution in [0.15, 0.2) is 53.0 Å². The van der Waals surface area contributed by atoms with Gasteiger partial charge in [0.2, 0.25) is 0 Å². The fourth-order valence-corrected chi connectivity index (χ4v) is 3.25. The van der Waals surface area contributed by atoms with E-state index in [-0.39, 0.29) is 19.1 Å². The lowest BCUT2D eigenvalue weighted by atomic mass is 9.92. The molecule has 0 aliphatic carbocycles. The lowest BCUT2D eigenvalue weighted by molar-refractivity contribution is -0.131. The number of rotatable bonds is 5. The standard InChI is InChI=1S/C19H19BrN2O3/c1-13-5-3-8-16(11-13)25-10-9-22-17(23)19(2,21-18(22)24)14-6-4-7-15(20)12-14/h3-8,11-12H,9-10H2,1-2H3,(H,21,24). The molecule has 5 nitrogen and oxygen atoms in total. The van der Waals surface area contributed by atoms with Crippen LogP contribution >= 0.6 is 15.9 Å². The normalized spacial score (nSPS) is 19.9. The van der Waals surface area contributed by atoms with E-state index < -0.39 is 11.6 Å². The summed E-state index contributed by atoms with van der Waals surface area (Å²) in [5.41, 5.74) is 0.765. The molecule has 0 saturated carbocycles. The van der Waals surface area contributed by atoms with Crippen LogP contribution in [0.4, 0.5) is 4.79 Å². The average molecular weight is 403 g/mol. The van der Waals surface area contributed by atoms with Gasteiger partial charge in [0, 0.05) is 4.47 Å². The average Bonchev–Trinajstić information content (AvgIpc) is 2.79. The van der Waals surface area contributed by atoms with Gasteiger partial charge in [0.1, 0.15) is 17.9 Å². The summed E-state index contributed by atoms with van der Waals surface area (Å²) >= 11 is 3.40. The zero-order valence-electron chi connectivity index (χ0n) is 14.1. The zero-order valence-corrected chi connectivity index (χ0v) is 15.7. The van der Waals surface area contributed by atoms with Crippen molar-refractivity contribution in [3.63, 3.8) is 0 Å². The van der Waals surface area contributed by atoms with E-state index in [0.717, 1.165) is 21.3 Å². The van der Waals surface area contributed by atoms with Crippen molar-refractivity contribution < 1.29 is 14.3 Å². The summed E-state index contributed by atoms with van der Waals surface area (Å²) in [6.07, 6.45) is 0. The lowest BCUT2D eigenvalue weighted by Crippen LogP contribution is -2.41. The summed E-state index contributed by atoms with van der Waals surface area (Å²) in [6, 6.07) is 14.6. The molecule has 2 aromatic rings. The van der Waals surface area contributed by atoms with E-state index >= 15 is 0 Å². The number of aryl methyl sites for hydroxylation is 1. The third kappa shape index (κ3) is 3.54. The first-order valence-corrected chi connectivity index (χ1v) is 8.79. The number of nitrogens with zero attached hydrogens (tertiary/aromatic N) is 1. The summed E-state index contributed by atoms with van der Waals surface area (Å²) in [7, 11) is 0. The molecule has 0 bridgehead atoms. The second kappa shape index (κ2) is 6.88. The maximum atomic E-state index is 12.8. The van der Waals surface area contributed by atoms with Crippen LogP contribution in [0.5, 0.6) is 5.75 Å². The van der Waals surface area contributed by atoms with Crippen molar-refractivity contribution >= 4 is 27.9 Å². The van der Waals surface area contributed by atoms with E-state index in [0.29, 0.717) is 0 Å². The van der Waals surface area contributed by atoms with E-state index in [1.165, 1.54) is 4.90 Å². The number of carbonyl (C=O) groups excluding carboxylic acids is 2. The number of carbonyl (C=O) groups is 2. The predicted molar refractivity (Wildman–Crippen MR) is 98.4 cm³/mol. The molecule has 1 fully saturated rings. The number of nitrogens with one attached hydrogen (secondary N) is 1. The molecule has 0 aromatic heterocycles. The van der Waals surface area contributed by atoms with Gasteiger partial charge < -0.3 is 10.1 Å². The quantitative estimate of drug-likeness (QED) is 0.777. The van der Waals surface area contributed by atoms with Gasteiger partial charge in [-0.15, -0.1) is 0 Å². The maximum Gasteiger partial charge on any atom is 0.325 e. The first-order chi connectivity index (χ1) is 11.9. The third-order valence-corrected chi connectivity index (χ3v) is 4.74. The molecule has 1 unspecified atom stereocenters. The van der Waals surface area contributed by atoms with E-state index in [2.05, 4.69) is 21.2 Å². The van der Waals surface area contributed by atoms with Gasteiger partial charge in [0.25, 0.3) is 5.91 Å². The Morgan fingerprint density at radius 1 is 1.16 bits per heavy atom. The van der Waals surface area contributed by atoms with E-state index in [1.54, 1.807) is 6.92 Å². The zero-order chi connectivity index (χ0) is 18.0. The van der Waals surface area contributed by atoms with Gasteiger partial charge in [-0.1, -0.05) is 40.2 Å². The van der Waals surface area contributed by atoms with Crippen molar-refractivity contribution in [3.05, 3.63) is 64.1 Å². The summed E-state index contributed by atoms with van der Waals surface area (Å²) in [5, 5.41) is 2.79. The Kier molecular flexibility index (Phi) is 4.81. The van der Waals surface area contributed by atoms with Gasteiger partial charge >= 0.3 is 6.03 Å². The van der Waals surface area contributed by atoms with Crippen LogP contribution in [0.1, 0.15) is 18.1 Å². The van der Waals surface area contributed by atoms with Gasteiger partial charge in [-0.2, -0.15) is 0 Å². The number of hydrogen-bond acceptors (Lipinski definition) is 3. The molecule has 1 atom stereocenters. The van der Waals surface area contributed by atoms with Crippen LogP contribution in [-0.4, -0.2) is 30.0 Å². The summed E-state index contributed by atoms with van der Waals surface area (Å²) < 4.78 is 6.51. The van der Waals surface area contributed by atoms with E-state index in [9.17, 15) is 9.59 Å². The molecule has 0 spiro atoms. The molecule has 130 valence electrons. The summed E-state index contributed by atoms with van der Waals surface area (Å²) in [4.78, 5) is 26.3. The number of ether oxygens (including phenoxy) is 1. The molecule has 1 aliphatic heterocycles. The first kappa shape index (κ1) is 17.5. The van der Waals surface area contributed by atoms with Gasteiger partial charge in [0.05, 0.1) is 6.54 Å². The second-order valence-corrected chi connectivity index (χ2v) is 7.10. The second-order valence-electron chi connectivity index (χ2n) is 6.19. The Balaban J connectivity index is 1.69. The highest BCUT2D eigenvalue weighted by Gasteiger charge is 2.48. The minimum absolute atomic E-state index is 0.197. The fraction of sp³-hybridized carbons (Fsp3) is 0.263. The van der Waals surface area contributed by atoms with Crippen molar-refractivity contribution in [2.45, 2.75) is 19.4 Å². The van der Waals surface area contributed by atoms with Crippen molar-refractivity contribution in [1.82, 2.24) is 10.2 Å². The molecular weight excluding hydrogens is 384 g/mol. The highest BCUT2D eigenvalue weighted by atomic mass is 79.9. The highest BCUT2D eigenvalue weighted by Crippen LogP contribution is 2.30.